The van der Waals surface area contributed by atoms with E-state index >= 15 is 0 Å². The second kappa shape index (κ2) is 6.20. The van der Waals surface area contributed by atoms with Crippen LogP contribution in [0.1, 0.15) is 32.8 Å². The molecule has 17 heavy (non-hydrogen) atoms. The lowest BCUT2D eigenvalue weighted by Gasteiger charge is -2.21. The summed E-state index contributed by atoms with van der Waals surface area (Å²) >= 11 is 3.38. The molecule has 1 unspecified atom stereocenters. The predicted molar refractivity (Wildman–Crippen MR) is 73.0 cm³/mol. The van der Waals surface area contributed by atoms with Gasteiger partial charge in [-0.2, -0.15) is 0 Å². The summed E-state index contributed by atoms with van der Waals surface area (Å²) in [5.74, 6) is -0.191. The third-order valence-corrected chi connectivity index (χ3v) is 2.97. The molecule has 0 spiro atoms. The Labute approximate surface area is 111 Å². The molecule has 1 atom stereocenters. The Morgan fingerprint density at radius 2 is 1.88 bits per heavy atom. The SMILES string of the molecule is CC(C)(C)CC(Br)C(=O)OCc1ccccc1. The Bertz CT molecular complexity index is 354. The van der Waals surface area contributed by atoms with Crippen molar-refractivity contribution in [1.29, 1.82) is 0 Å². The van der Waals surface area contributed by atoms with Crippen molar-refractivity contribution in [3.8, 4) is 0 Å². The first-order valence-electron chi connectivity index (χ1n) is 5.73. The lowest BCUT2D eigenvalue weighted by atomic mass is 9.90. The van der Waals surface area contributed by atoms with Gasteiger partial charge in [-0.15, -0.1) is 0 Å². The van der Waals surface area contributed by atoms with Gasteiger partial charge in [-0.25, -0.2) is 0 Å². The zero-order valence-electron chi connectivity index (χ0n) is 10.6. The van der Waals surface area contributed by atoms with Gasteiger partial charge in [0.25, 0.3) is 0 Å². The molecule has 0 saturated carbocycles. The first-order valence-corrected chi connectivity index (χ1v) is 6.65. The van der Waals surface area contributed by atoms with Gasteiger partial charge in [-0.3, -0.25) is 4.79 Å². The van der Waals surface area contributed by atoms with Gasteiger partial charge in [0.05, 0.1) is 0 Å². The Morgan fingerprint density at radius 3 is 2.41 bits per heavy atom. The highest BCUT2D eigenvalue weighted by Gasteiger charge is 2.23. The Kier molecular flexibility index (Phi) is 5.19. The average molecular weight is 299 g/mol. The van der Waals surface area contributed by atoms with Gasteiger partial charge >= 0.3 is 5.97 Å². The number of alkyl halides is 1. The molecule has 0 aliphatic heterocycles. The molecule has 1 rings (SSSR count). The summed E-state index contributed by atoms with van der Waals surface area (Å²) in [7, 11) is 0. The molecule has 2 nitrogen and oxygen atoms in total. The molecule has 0 aliphatic rings. The molecule has 94 valence electrons. The van der Waals surface area contributed by atoms with E-state index in [1.807, 2.05) is 30.3 Å². The molecule has 0 N–H and O–H groups in total. The summed E-state index contributed by atoms with van der Waals surface area (Å²) in [5, 5.41) is 0. The Hall–Kier alpha value is -0.830. The van der Waals surface area contributed by atoms with Crippen LogP contribution in [0.3, 0.4) is 0 Å². The van der Waals surface area contributed by atoms with Crippen molar-refractivity contribution < 1.29 is 9.53 Å². The molecular formula is C14H19BrO2. The van der Waals surface area contributed by atoms with Gasteiger partial charge in [0.1, 0.15) is 11.4 Å². The average Bonchev–Trinajstić information content (AvgIpc) is 2.25. The molecule has 0 fully saturated rings. The summed E-state index contributed by atoms with van der Waals surface area (Å²) in [6, 6.07) is 9.70. The molecule has 3 heteroatoms. The van der Waals surface area contributed by atoms with E-state index < -0.39 is 0 Å². The number of hydrogen-bond donors (Lipinski definition) is 0. The van der Waals surface area contributed by atoms with Gasteiger partial charge in [-0.1, -0.05) is 67.0 Å². The first-order chi connectivity index (χ1) is 7.88. The van der Waals surface area contributed by atoms with E-state index in [1.54, 1.807) is 0 Å². The number of benzene rings is 1. The van der Waals surface area contributed by atoms with Crippen molar-refractivity contribution >= 4 is 21.9 Å². The van der Waals surface area contributed by atoms with Crippen LogP contribution in [-0.2, 0) is 16.1 Å². The molecule has 0 heterocycles. The quantitative estimate of drug-likeness (QED) is 0.622. The van der Waals surface area contributed by atoms with Gasteiger partial charge in [0.15, 0.2) is 0 Å². The molecule has 0 aromatic heterocycles. The predicted octanol–water partition coefficient (Wildman–Crippen LogP) is 3.93. The number of ether oxygens (including phenoxy) is 1. The minimum Gasteiger partial charge on any atom is -0.460 e. The summed E-state index contributed by atoms with van der Waals surface area (Å²) in [4.78, 5) is 11.5. The highest BCUT2D eigenvalue weighted by Crippen LogP contribution is 2.25. The number of halogens is 1. The maximum absolute atomic E-state index is 11.7. The van der Waals surface area contributed by atoms with Crippen LogP contribution < -0.4 is 0 Å². The van der Waals surface area contributed by atoms with Gasteiger partial charge in [0.2, 0.25) is 0 Å². The van der Waals surface area contributed by atoms with E-state index in [0.717, 1.165) is 12.0 Å². The molecule has 1 aromatic rings. The third-order valence-electron chi connectivity index (χ3n) is 2.27. The Morgan fingerprint density at radius 1 is 1.29 bits per heavy atom. The van der Waals surface area contributed by atoms with Crippen LogP contribution >= 0.6 is 15.9 Å². The van der Waals surface area contributed by atoms with E-state index in [0.29, 0.717) is 6.61 Å². The van der Waals surface area contributed by atoms with Crippen LogP contribution in [-0.4, -0.2) is 10.8 Å². The maximum Gasteiger partial charge on any atom is 0.320 e. The molecular weight excluding hydrogens is 280 g/mol. The van der Waals surface area contributed by atoms with Crippen molar-refractivity contribution in [3.63, 3.8) is 0 Å². The van der Waals surface area contributed by atoms with Crippen LogP contribution in [0.15, 0.2) is 30.3 Å². The summed E-state index contributed by atoms with van der Waals surface area (Å²) in [5.41, 5.74) is 1.12. The fraction of sp³-hybridized carbons (Fsp3) is 0.500. The fourth-order valence-electron chi connectivity index (χ4n) is 1.44. The molecule has 0 saturated heterocycles. The van der Waals surface area contributed by atoms with Crippen LogP contribution in [0, 0.1) is 5.41 Å². The van der Waals surface area contributed by atoms with E-state index in [2.05, 4.69) is 36.7 Å². The number of carbonyl (C=O) groups is 1. The highest BCUT2D eigenvalue weighted by atomic mass is 79.9. The van der Waals surface area contributed by atoms with Crippen molar-refractivity contribution in [2.75, 3.05) is 0 Å². The standard InChI is InChI=1S/C14H19BrO2/c1-14(2,3)9-12(15)13(16)17-10-11-7-5-4-6-8-11/h4-8,12H,9-10H2,1-3H3. The van der Waals surface area contributed by atoms with Crippen LogP contribution in [0.5, 0.6) is 0 Å². The van der Waals surface area contributed by atoms with Gasteiger partial charge in [0, 0.05) is 0 Å². The lowest BCUT2D eigenvalue weighted by molar-refractivity contribution is -0.144. The number of esters is 1. The van der Waals surface area contributed by atoms with E-state index in [9.17, 15) is 4.79 Å². The molecule has 0 radical (unpaired) electrons. The maximum atomic E-state index is 11.7. The summed E-state index contributed by atoms with van der Waals surface area (Å²) in [6.07, 6.45) is 0.765. The minimum atomic E-state index is -0.230. The third kappa shape index (κ3) is 5.87. The largest absolute Gasteiger partial charge is 0.460 e. The van der Waals surface area contributed by atoms with E-state index in [-0.39, 0.29) is 16.2 Å². The second-order valence-electron chi connectivity index (χ2n) is 5.33. The van der Waals surface area contributed by atoms with Crippen molar-refractivity contribution in [3.05, 3.63) is 35.9 Å². The highest BCUT2D eigenvalue weighted by molar-refractivity contribution is 9.10. The molecule has 0 amide bonds. The Balaban J connectivity index is 2.40. The molecule has 1 aromatic carbocycles. The number of carbonyl (C=O) groups excluding carboxylic acids is 1. The zero-order valence-corrected chi connectivity index (χ0v) is 12.2. The van der Waals surface area contributed by atoms with Crippen LogP contribution in [0.4, 0.5) is 0 Å². The monoisotopic (exact) mass is 298 g/mol. The van der Waals surface area contributed by atoms with Gasteiger partial charge < -0.3 is 4.74 Å². The van der Waals surface area contributed by atoms with Crippen molar-refractivity contribution in [1.82, 2.24) is 0 Å². The zero-order chi connectivity index (χ0) is 12.9. The van der Waals surface area contributed by atoms with Crippen molar-refractivity contribution in [2.24, 2.45) is 5.41 Å². The lowest BCUT2D eigenvalue weighted by Crippen LogP contribution is -2.23. The summed E-state index contributed by atoms with van der Waals surface area (Å²) < 4.78 is 5.25. The van der Waals surface area contributed by atoms with E-state index in [4.69, 9.17) is 4.74 Å². The van der Waals surface area contributed by atoms with Crippen LogP contribution in [0.2, 0.25) is 0 Å². The molecule has 0 bridgehead atoms. The minimum absolute atomic E-state index is 0.111. The number of rotatable bonds is 4. The summed E-state index contributed by atoms with van der Waals surface area (Å²) in [6.45, 7) is 6.65. The van der Waals surface area contributed by atoms with E-state index in [1.165, 1.54) is 0 Å². The normalized spacial score (nSPS) is 13.2. The van der Waals surface area contributed by atoms with Gasteiger partial charge in [-0.05, 0) is 17.4 Å². The van der Waals surface area contributed by atoms with Crippen molar-refractivity contribution in [2.45, 2.75) is 38.6 Å². The topological polar surface area (TPSA) is 26.3 Å². The smallest absolute Gasteiger partial charge is 0.320 e. The fourth-order valence-corrected chi connectivity index (χ4v) is 2.54. The molecule has 0 aliphatic carbocycles. The number of hydrogen-bond acceptors (Lipinski definition) is 2. The van der Waals surface area contributed by atoms with Crippen LogP contribution in [0.25, 0.3) is 0 Å². The first kappa shape index (κ1) is 14.2. The second-order valence-corrected chi connectivity index (χ2v) is 6.43.